The van der Waals surface area contributed by atoms with Gasteiger partial charge in [-0.15, -0.1) is 0 Å². The van der Waals surface area contributed by atoms with Gasteiger partial charge in [0, 0.05) is 0 Å². The maximum Gasteiger partial charge on any atom is 0.223 e. The van der Waals surface area contributed by atoms with Crippen LogP contribution in [0.4, 0.5) is 4.39 Å². The second-order valence-electron chi connectivity index (χ2n) is 5.08. The second kappa shape index (κ2) is 7.24. The molecule has 1 amide bonds. The van der Waals surface area contributed by atoms with E-state index in [0.29, 0.717) is 5.75 Å². The minimum atomic E-state index is -0.439. The molecule has 1 fully saturated rings. The summed E-state index contributed by atoms with van der Waals surface area (Å²) in [5.41, 5.74) is 0. The van der Waals surface area contributed by atoms with E-state index < -0.39 is 6.10 Å². The number of amides is 1. The standard InChI is InChI=1S/C15H20FNO3/c16-11-5-7-12(8-6-11)20-10-9-15(19)17-13-3-1-2-4-14(13)18/h5-8,13-14,18H,1-4,9-10H2,(H,17,19). The Morgan fingerprint density at radius 3 is 2.70 bits per heavy atom. The van der Waals surface area contributed by atoms with E-state index in [1.807, 2.05) is 0 Å². The highest BCUT2D eigenvalue weighted by molar-refractivity contribution is 5.76. The Kier molecular flexibility index (Phi) is 5.35. The van der Waals surface area contributed by atoms with Crippen LogP contribution in [0, 0.1) is 5.82 Å². The Bertz CT molecular complexity index is 435. The fourth-order valence-electron chi connectivity index (χ4n) is 2.35. The number of carbonyl (C=O) groups is 1. The van der Waals surface area contributed by atoms with Crippen LogP contribution >= 0.6 is 0 Å². The first-order valence-electron chi connectivity index (χ1n) is 7.01. The molecule has 1 aromatic rings. The summed E-state index contributed by atoms with van der Waals surface area (Å²) in [6.07, 6.45) is 3.41. The molecule has 110 valence electrons. The SMILES string of the molecule is O=C(CCOc1ccc(F)cc1)NC1CCCCC1O. The van der Waals surface area contributed by atoms with Gasteiger partial charge in [0.25, 0.3) is 0 Å². The van der Waals surface area contributed by atoms with E-state index in [2.05, 4.69) is 5.32 Å². The third kappa shape index (κ3) is 4.49. The summed E-state index contributed by atoms with van der Waals surface area (Å²) in [4.78, 5) is 11.7. The Hall–Kier alpha value is -1.62. The van der Waals surface area contributed by atoms with Gasteiger partial charge in [0.15, 0.2) is 0 Å². The Morgan fingerprint density at radius 2 is 2.00 bits per heavy atom. The number of rotatable bonds is 5. The molecule has 1 aliphatic rings. The number of ether oxygens (including phenoxy) is 1. The summed E-state index contributed by atoms with van der Waals surface area (Å²) in [7, 11) is 0. The Labute approximate surface area is 117 Å². The predicted molar refractivity (Wildman–Crippen MR) is 72.9 cm³/mol. The van der Waals surface area contributed by atoms with Crippen LogP contribution in [0.15, 0.2) is 24.3 Å². The van der Waals surface area contributed by atoms with E-state index >= 15 is 0 Å². The highest BCUT2D eigenvalue weighted by Gasteiger charge is 2.24. The molecular formula is C15H20FNO3. The van der Waals surface area contributed by atoms with Crippen molar-refractivity contribution in [3.05, 3.63) is 30.1 Å². The molecule has 2 unspecified atom stereocenters. The summed E-state index contributed by atoms with van der Waals surface area (Å²) in [6, 6.07) is 5.54. The zero-order valence-electron chi connectivity index (χ0n) is 11.3. The van der Waals surface area contributed by atoms with Gasteiger partial charge >= 0.3 is 0 Å². The zero-order valence-corrected chi connectivity index (χ0v) is 11.3. The topological polar surface area (TPSA) is 58.6 Å². The minimum absolute atomic E-state index is 0.127. The Morgan fingerprint density at radius 1 is 1.30 bits per heavy atom. The third-order valence-corrected chi connectivity index (χ3v) is 3.49. The van der Waals surface area contributed by atoms with Crippen LogP contribution in [0.1, 0.15) is 32.1 Å². The van der Waals surface area contributed by atoms with Gasteiger partial charge in [-0.2, -0.15) is 0 Å². The van der Waals surface area contributed by atoms with Crippen molar-refractivity contribution in [3.8, 4) is 5.75 Å². The fourth-order valence-corrected chi connectivity index (χ4v) is 2.35. The van der Waals surface area contributed by atoms with Gasteiger partial charge in [0.1, 0.15) is 11.6 Å². The monoisotopic (exact) mass is 281 g/mol. The van der Waals surface area contributed by atoms with Crippen molar-refractivity contribution in [3.63, 3.8) is 0 Å². The van der Waals surface area contributed by atoms with Gasteiger partial charge in [0.05, 0.1) is 25.2 Å². The van der Waals surface area contributed by atoms with Crippen LogP contribution in [-0.4, -0.2) is 29.8 Å². The van der Waals surface area contributed by atoms with Crippen LogP contribution in [0.3, 0.4) is 0 Å². The van der Waals surface area contributed by atoms with Crippen molar-refractivity contribution < 1.29 is 19.0 Å². The molecule has 1 aromatic carbocycles. The molecule has 4 nitrogen and oxygen atoms in total. The zero-order chi connectivity index (χ0) is 14.4. The lowest BCUT2D eigenvalue weighted by molar-refractivity contribution is -0.123. The molecule has 2 atom stereocenters. The van der Waals surface area contributed by atoms with E-state index in [1.54, 1.807) is 0 Å². The van der Waals surface area contributed by atoms with E-state index in [9.17, 15) is 14.3 Å². The smallest absolute Gasteiger partial charge is 0.223 e. The summed E-state index contributed by atoms with van der Waals surface area (Å²) in [6.45, 7) is 0.236. The number of nitrogens with one attached hydrogen (secondary N) is 1. The molecule has 20 heavy (non-hydrogen) atoms. The molecule has 0 saturated heterocycles. The molecule has 2 N–H and O–H groups in total. The lowest BCUT2D eigenvalue weighted by Crippen LogP contribution is -2.45. The highest BCUT2D eigenvalue weighted by Crippen LogP contribution is 2.18. The van der Waals surface area contributed by atoms with Gasteiger partial charge in [0.2, 0.25) is 5.91 Å². The average molecular weight is 281 g/mol. The van der Waals surface area contributed by atoms with Crippen LogP contribution < -0.4 is 10.1 Å². The Balaban J connectivity index is 1.68. The summed E-state index contributed by atoms with van der Waals surface area (Å²) in [5.74, 6) is 0.0938. The number of carbonyl (C=O) groups excluding carboxylic acids is 1. The minimum Gasteiger partial charge on any atom is -0.493 e. The van der Waals surface area contributed by atoms with Gasteiger partial charge in [-0.25, -0.2) is 4.39 Å². The number of aliphatic hydroxyl groups is 1. The van der Waals surface area contributed by atoms with Crippen molar-refractivity contribution in [2.75, 3.05) is 6.61 Å². The van der Waals surface area contributed by atoms with E-state index in [-0.39, 0.29) is 30.8 Å². The number of hydrogen-bond donors (Lipinski definition) is 2. The maximum absolute atomic E-state index is 12.7. The number of benzene rings is 1. The van der Waals surface area contributed by atoms with Crippen molar-refractivity contribution in [1.82, 2.24) is 5.32 Å². The first kappa shape index (κ1) is 14.8. The van der Waals surface area contributed by atoms with Crippen LogP contribution in [0.2, 0.25) is 0 Å². The molecule has 1 aliphatic carbocycles. The van der Waals surface area contributed by atoms with Crippen molar-refractivity contribution in [2.24, 2.45) is 0 Å². The van der Waals surface area contributed by atoms with E-state index in [1.165, 1.54) is 24.3 Å². The summed E-state index contributed by atoms with van der Waals surface area (Å²) in [5, 5.41) is 12.6. The maximum atomic E-state index is 12.7. The predicted octanol–water partition coefficient (Wildman–Crippen LogP) is 2.01. The van der Waals surface area contributed by atoms with Crippen LogP contribution in [-0.2, 0) is 4.79 Å². The molecule has 1 saturated carbocycles. The van der Waals surface area contributed by atoms with Crippen molar-refractivity contribution in [1.29, 1.82) is 0 Å². The lowest BCUT2D eigenvalue weighted by Gasteiger charge is -2.28. The second-order valence-corrected chi connectivity index (χ2v) is 5.08. The molecule has 0 heterocycles. The first-order chi connectivity index (χ1) is 9.65. The van der Waals surface area contributed by atoms with E-state index in [4.69, 9.17) is 4.74 Å². The molecule has 0 aliphatic heterocycles. The number of hydrogen-bond acceptors (Lipinski definition) is 3. The van der Waals surface area contributed by atoms with Gasteiger partial charge in [-0.05, 0) is 37.1 Å². The number of aliphatic hydroxyl groups excluding tert-OH is 1. The van der Waals surface area contributed by atoms with Gasteiger partial charge in [-0.3, -0.25) is 4.79 Å². The summed E-state index contributed by atoms with van der Waals surface area (Å²) >= 11 is 0. The average Bonchev–Trinajstić information content (AvgIpc) is 2.44. The largest absolute Gasteiger partial charge is 0.493 e. The lowest BCUT2D eigenvalue weighted by atomic mass is 9.92. The van der Waals surface area contributed by atoms with Gasteiger partial charge in [-0.1, -0.05) is 12.8 Å². The van der Waals surface area contributed by atoms with Crippen LogP contribution in [0.5, 0.6) is 5.75 Å². The summed E-state index contributed by atoms with van der Waals surface area (Å²) < 4.78 is 18.0. The number of halogens is 1. The molecule has 0 spiro atoms. The van der Waals surface area contributed by atoms with Crippen molar-refractivity contribution in [2.45, 2.75) is 44.2 Å². The van der Waals surface area contributed by atoms with Crippen molar-refractivity contribution >= 4 is 5.91 Å². The molecule has 2 rings (SSSR count). The molecule has 0 bridgehead atoms. The van der Waals surface area contributed by atoms with Crippen LogP contribution in [0.25, 0.3) is 0 Å². The quantitative estimate of drug-likeness (QED) is 0.868. The van der Waals surface area contributed by atoms with E-state index in [0.717, 1.165) is 25.7 Å². The molecular weight excluding hydrogens is 261 g/mol. The highest BCUT2D eigenvalue weighted by atomic mass is 19.1. The fraction of sp³-hybridized carbons (Fsp3) is 0.533. The normalized spacial score (nSPS) is 22.3. The molecule has 0 radical (unpaired) electrons. The molecule has 0 aromatic heterocycles. The third-order valence-electron chi connectivity index (χ3n) is 3.49. The first-order valence-corrected chi connectivity index (χ1v) is 7.01. The molecule has 5 heteroatoms. The van der Waals surface area contributed by atoms with Gasteiger partial charge < -0.3 is 15.2 Å².